The van der Waals surface area contributed by atoms with Gasteiger partial charge in [-0.15, -0.1) is 0 Å². The second-order valence-corrected chi connectivity index (χ2v) is 5.53. The Morgan fingerprint density at radius 2 is 1.70 bits per heavy atom. The Morgan fingerprint density at radius 3 is 2.30 bits per heavy atom. The van der Waals surface area contributed by atoms with Crippen LogP contribution in [0, 0.1) is 0 Å². The third kappa shape index (κ3) is 7.84. The molecule has 0 unspecified atom stereocenters. The molecule has 2 aromatic rings. The number of aromatic nitrogens is 2. The van der Waals surface area contributed by atoms with Crippen molar-refractivity contribution in [2.75, 3.05) is 27.2 Å². The molecule has 0 aliphatic carbocycles. The summed E-state index contributed by atoms with van der Waals surface area (Å²) in [6.45, 7) is 5.98. The molecule has 0 saturated carbocycles. The molecule has 2 rings (SSSR count). The Labute approximate surface area is 141 Å². The van der Waals surface area contributed by atoms with Crippen LogP contribution in [-0.2, 0) is 0 Å². The van der Waals surface area contributed by atoms with Gasteiger partial charge in [0.15, 0.2) is 0 Å². The lowest BCUT2D eigenvalue weighted by Crippen LogP contribution is -2.12. The smallest absolute Gasteiger partial charge is 0.119 e. The van der Waals surface area contributed by atoms with Gasteiger partial charge in [0.2, 0.25) is 0 Å². The summed E-state index contributed by atoms with van der Waals surface area (Å²) in [5.74, 6) is 0.937. The van der Waals surface area contributed by atoms with E-state index in [1.165, 1.54) is 25.8 Å². The SMILES string of the molecule is CC.CN(C)CCCCCCOc1ccc(-n2ccnc2)cc1. The van der Waals surface area contributed by atoms with Gasteiger partial charge in [-0.25, -0.2) is 4.98 Å². The van der Waals surface area contributed by atoms with Crippen LogP contribution in [0.1, 0.15) is 39.5 Å². The Kier molecular flexibility index (Phi) is 9.80. The summed E-state index contributed by atoms with van der Waals surface area (Å²) in [4.78, 5) is 6.28. The summed E-state index contributed by atoms with van der Waals surface area (Å²) in [6, 6.07) is 8.13. The Balaban J connectivity index is 0.00000127. The van der Waals surface area contributed by atoms with E-state index in [2.05, 4.69) is 24.0 Å². The minimum Gasteiger partial charge on any atom is -0.494 e. The first-order valence-corrected chi connectivity index (χ1v) is 8.61. The van der Waals surface area contributed by atoms with Gasteiger partial charge < -0.3 is 14.2 Å². The minimum atomic E-state index is 0.798. The maximum Gasteiger partial charge on any atom is 0.119 e. The number of rotatable bonds is 9. The molecule has 128 valence electrons. The van der Waals surface area contributed by atoms with E-state index < -0.39 is 0 Å². The zero-order valence-electron chi connectivity index (χ0n) is 15.0. The fourth-order valence-corrected chi connectivity index (χ4v) is 2.20. The molecule has 0 amide bonds. The molecule has 0 saturated heterocycles. The van der Waals surface area contributed by atoms with E-state index in [0.29, 0.717) is 0 Å². The largest absolute Gasteiger partial charge is 0.494 e. The van der Waals surface area contributed by atoms with Crippen molar-refractivity contribution in [2.45, 2.75) is 39.5 Å². The monoisotopic (exact) mass is 317 g/mol. The highest BCUT2D eigenvalue weighted by atomic mass is 16.5. The first-order chi connectivity index (χ1) is 11.3. The zero-order valence-corrected chi connectivity index (χ0v) is 15.0. The second-order valence-electron chi connectivity index (χ2n) is 5.53. The molecule has 0 radical (unpaired) electrons. The number of benzene rings is 1. The van der Waals surface area contributed by atoms with Gasteiger partial charge >= 0.3 is 0 Å². The van der Waals surface area contributed by atoms with E-state index in [4.69, 9.17) is 4.74 Å². The van der Waals surface area contributed by atoms with Crippen molar-refractivity contribution in [1.82, 2.24) is 14.5 Å². The molecule has 4 heteroatoms. The summed E-state index contributed by atoms with van der Waals surface area (Å²) in [7, 11) is 4.24. The van der Waals surface area contributed by atoms with Crippen LogP contribution < -0.4 is 4.74 Å². The highest BCUT2D eigenvalue weighted by Crippen LogP contribution is 2.15. The summed E-state index contributed by atoms with van der Waals surface area (Å²) in [5, 5.41) is 0. The van der Waals surface area contributed by atoms with Crippen molar-refractivity contribution in [2.24, 2.45) is 0 Å². The van der Waals surface area contributed by atoms with Crippen LogP contribution in [0.3, 0.4) is 0 Å². The van der Waals surface area contributed by atoms with Crippen molar-refractivity contribution < 1.29 is 4.74 Å². The molecule has 4 nitrogen and oxygen atoms in total. The number of unbranched alkanes of at least 4 members (excludes halogenated alkanes) is 3. The molecule has 0 atom stereocenters. The van der Waals surface area contributed by atoms with Gasteiger partial charge in [-0.3, -0.25) is 0 Å². The van der Waals surface area contributed by atoms with Crippen molar-refractivity contribution in [3.05, 3.63) is 43.0 Å². The topological polar surface area (TPSA) is 30.3 Å². The number of ether oxygens (including phenoxy) is 1. The standard InChI is InChI=1S/C17H25N3O.C2H6/c1-19(2)12-5-3-4-6-14-21-17-9-7-16(8-10-17)20-13-11-18-15-20;1-2/h7-11,13,15H,3-6,12,14H2,1-2H3;1-2H3. The lowest BCUT2D eigenvalue weighted by atomic mass is 10.2. The second kappa shape index (κ2) is 11.7. The lowest BCUT2D eigenvalue weighted by molar-refractivity contribution is 0.302. The predicted molar refractivity (Wildman–Crippen MR) is 97.4 cm³/mol. The van der Waals surface area contributed by atoms with Crippen LogP contribution in [0.25, 0.3) is 5.69 Å². The number of hydrogen-bond acceptors (Lipinski definition) is 3. The maximum atomic E-state index is 5.77. The first-order valence-electron chi connectivity index (χ1n) is 8.61. The molecule has 23 heavy (non-hydrogen) atoms. The molecule has 0 bridgehead atoms. The molecule has 1 aromatic heterocycles. The number of nitrogens with zero attached hydrogens (tertiary/aromatic N) is 3. The highest BCUT2D eigenvalue weighted by Gasteiger charge is 1.98. The Hall–Kier alpha value is -1.81. The van der Waals surface area contributed by atoms with E-state index in [-0.39, 0.29) is 0 Å². The summed E-state index contributed by atoms with van der Waals surface area (Å²) < 4.78 is 7.75. The van der Waals surface area contributed by atoms with Gasteiger partial charge in [-0.05, 0) is 57.7 Å². The van der Waals surface area contributed by atoms with Crippen LogP contribution in [0.2, 0.25) is 0 Å². The van der Waals surface area contributed by atoms with E-state index in [1.54, 1.807) is 12.5 Å². The van der Waals surface area contributed by atoms with Gasteiger partial charge in [-0.2, -0.15) is 0 Å². The van der Waals surface area contributed by atoms with Crippen molar-refractivity contribution in [1.29, 1.82) is 0 Å². The average Bonchev–Trinajstić information content (AvgIpc) is 3.11. The van der Waals surface area contributed by atoms with Gasteiger partial charge in [-0.1, -0.05) is 26.7 Å². The van der Waals surface area contributed by atoms with Gasteiger partial charge in [0.25, 0.3) is 0 Å². The molecule has 1 aromatic carbocycles. The molecule has 0 N–H and O–H groups in total. The molecule has 0 aliphatic heterocycles. The van der Waals surface area contributed by atoms with E-state index >= 15 is 0 Å². The van der Waals surface area contributed by atoms with Crippen molar-refractivity contribution in [3.8, 4) is 11.4 Å². The fraction of sp³-hybridized carbons (Fsp3) is 0.526. The molecule has 0 aliphatic rings. The van der Waals surface area contributed by atoms with Crippen molar-refractivity contribution in [3.63, 3.8) is 0 Å². The predicted octanol–water partition coefficient (Wildman–Crippen LogP) is 4.40. The fourth-order valence-electron chi connectivity index (χ4n) is 2.20. The molecule has 1 heterocycles. The number of hydrogen-bond donors (Lipinski definition) is 0. The first kappa shape index (κ1) is 19.2. The van der Waals surface area contributed by atoms with Crippen LogP contribution in [0.5, 0.6) is 5.75 Å². The normalized spacial score (nSPS) is 10.3. The van der Waals surface area contributed by atoms with E-state index in [0.717, 1.165) is 24.5 Å². The zero-order chi connectivity index (χ0) is 16.9. The van der Waals surface area contributed by atoms with Crippen LogP contribution in [0.15, 0.2) is 43.0 Å². The van der Waals surface area contributed by atoms with Gasteiger partial charge in [0.1, 0.15) is 5.75 Å². The number of imidazole rings is 1. The summed E-state index contributed by atoms with van der Waals surface area (Å²) >= 11 is 0. The summed E-state index contributed by atoms with van der Waals surface area (Å²) in [6.07, 6.45) is 10.4. The molecular formula is C19H31N3O. The Bertz CT molecular complexity index is 492. The maximum absolute atomic E-state index is 5.77. The molecule has 0 spiro atoms. The van der Waals surface area contributed by atoms with Crippen molar-refractivity contribution >= 4 is 0 Å². The van der Waals surface area contributed by atoms with Crippen LogP contribution in [0.4, 0.5) is 0 Å². The van der Waals surface area contributed by atoms with Gasteiger partial charge in [0.05, 0.1) is 12.9 Å². The third-order valence-corrected chi connectivity index (χ3v) is 3.41. The van der Waals surface area contributed by atoms with E-state index in [9.17, 15) is 0 Å². The minimum absolute atomic E-state index is 0.798. The summed E-state index contributed by atoms with van der Waals surface area (Å²) in [5.41, 5.74) is 1.10. The quantitative estimate of drug-likeness (QED) is 0.642. The Morgan fingerprint density at radius 1 is 1.00 bits per heavy atom. The van der Waals surface area contributed by atoms with E-state index in [1.807, 2.05) is 48.9 Å². The lowest BCUT2D eigenvalue weighted by Gasteiger charge is -2.09. The van der Waals surface area contributed by atoms with Gasteiger partial charge in [0, 0.05) is 18.1 Å². The average molecular weight is 317 g/mol. The van der Waals surface area contributed by atoms with Crippen LogP contribution >= 0.6 is 0 Å². The molecular weight excluding hydrogens is 286 g/mol. The third-order valence-electron chi connectivity index (χ3n) is 3.41. The molecule has 0 fully saturated rings. The van der Waals surface area contributed by atoms with Crippen LogP contribution in [-0.4, -0.2) is 41.7 Å². The highest BCUT2D eigenvalue weighted by molar-refractivity contribution is 5.37.